The zero-order valence-corrected chi connectivity index (χ0v) is 16.7. The summed E-state index contributed by atoms with van der Waals surface area (Å²) >= 11 is 0. The summed E-state index contributed by atoms with van der Waals surface area (Å²) < 4.78 is 10.6. The van der Waals surface area contributed by atoms with Gasteiger partial charge in [0.2, 0.25) is 0 Å². The van der Waals surface area contributed by atoms with Crippen LogP contribution in [0.1, 0.15) is 62.7 Å². The lowest BCUT2D eigenvalue weighted by Crippen LogP contribution is -2.42. The molecule has 154 valence electrons. The smallest absolute Gasteiger partial charge is 0.326 e. The number of esters is 1. The molecule has 1 aromatic rings. The molecule has 0 saturated heterocycles. The van der Waals surface area contributed by atoms with Crippen molar-refractivity contribution in [3.05, 3.63) is 29.8 Å². The Balaban J connectivity index is 1.70. The van der Waals surface area contributed by atoms with E-state index < -0.39 is 12.1 Å². The maximum Gasteiger partial charge on any atom is 0.326 e. The first-order valence-electron chi connectivity index (χ1n) is 10.0. The zero-order chi connectivity index (χ0) is 20.4. The van der Waals surface area contributed by atoms with E-state index in [9.17, 15) is 14.4 Å². The quantitative estimate of drug-likeness (QED) is 0.473. The second kappa shape index (κ2) is 11.3. The summed E-state index contributed by atoms with van der Waals surface area (Å²) in [5.74, 6) is -0.640. The van der Waals surface area contributed by atoms with Gasteiger partial charge in [0.15, 0.2) is 6.10 Å². The molecule has 2 rings (SSSR count). The predicted molar refractivity (Wildman–Crippen MR) is 105 cm³/mol. The number of hydrogen-bond donors (Lipinski definition) is 2. The second-order valence-electron chi connectivity index (χ2n) is 7.03. The van der Waals surface area contributed by atoms with Gasteiger partial charge >= 0.3 is 5.97 Å². The first-order valence-corrected chi connectivity index (χ1v) is 10.0. The van der Waals surface area contributed by atoms with Gasteiger partial charge < -0.3 is 20.1 Å². The molecule has 0 aliphatic heterocycles. The van der Waals surface area contributed by atoms with Crippen LogP contribution in [0.5, 0.6) is 5.75 Å². The van der Waals surface area contributed by atoms with E-state index in [0.29, 0.717) is 17.9 Å². The number of nitrogens with one attached hydrogen (secondary N) is 2. The number of ether oxygens (including phenoxy) is 2. The highest BCUT2D eigenvalue weighted by molar-refractivity contribution is 5.96. The number of carbonyl (C=O) groups excluding carboxylic acids is 3. The zero-order valence-electron chi connectivity index (χ0n) is 16.7. The van der Waals surface area contributed by atoms with Crippen LogP contribution >= 0.6 is 0 Å². The fourth-order valence-corrected chi connectivity index (χ4v) is 2.97. The molecule has 28 heavy (non-hydrogen) atoms. The number of amides is 2. The van der Waals surface area contributed by atoms with Gasteiger partial charge in [0.1, 0.15) is 12.3 Å². The number of benzene rings is 1. The van der Waals surface area contributed by atoms with Crippen molar-refractivity contribution in [2.24, 2.45) is 0 Å². The highest BCUT2D eigenvalue weighted by Gasteiger charge is 2.23. The Labute approximate surface area is 166 Å². The van der Waals surface area contributed by atoms with E-state index in [-0.39, 0.29) is 24.4 Å². The molecular formula is C21H30N2O5. The molecule has 0 unspecified atom stereocenters. The van der Waals surface area contributed by atoms with Crippen LogP contribution in [0.3, 0.4) is 0 Å². The van der Waals surface area contributed by atoms with Crippen molar-refractivity contribution in [2.75, 3.05) is 13.2 Å². The van der Waals surface area contributed by atoms with E-state index in [1.807, 2.05) is 0 Å². The molecular weight excluding hydrogens is 360 g/mol. The normalized spacial score (nSPS) is 14.9. The molecule has 2 amide bonds. The Bertz CT molecular complexity index is 653. The third-order valence-corrected chi connectivity index (χ3v) is 4.66. The molecule has 1 aliphatic carbocycles. The van der Waals surface area contributed by atoms with Crippen LogP contribution in [-0.4, -0.2) is 43.1 Å². The minimum absolute atomic E-state index is 0.169. The molecule has 1 atom stereocenters. The van der Waals surface area contributed by atoms with Gasteiger partial charge in [-0.15, -0.1) is 0 Å². The average Bonchev–Trinajstić information content (AvgIpc) is 3.20. The van der Waals surface area contributed by atoms with Gasteiger partial charge in [0.05, 0.1) is 6.61 Å². The highest BCUT2D eigenvalue weighted by Crippen LogP contribution is 2.17. The summed E-state index contributed by atoms with van der Waals surface area (Å²) in [6.07, 6.45) is 5.28. The van der Waals surface area contributed by atoms with Crippen LogP contribution in [0.2, 0.25) is 0 Å². The third kappa shape index (κ3) is 7.21. The lowest BCUT2D eigenvalue weighted by atomic mass is 10.2. The Kier molecular flexibility index (Phi) is 8.78. The lowest BCUT2D eigenvalue weighted by molar-refractivity contribution is -0.154. The minimum atomic E-state index is -0.885. The van der Waals surface area contributed by atoms with Crippen LogP contribution in [-0.2, 0) is 14.3 Å². The molecule has 0 heterocycles. The van der Waals surface area contributed by atoms with Gasteiger partial charge in [0, 0.05) is 11.6 Å². The molecule has 0 aromatic heterocycles. The van der Waals surface area contributed by atoms with Gasteiger partial charge in [-0.1, -0.05) is 26.2 Å². The number of rotatable bonds is 10. The summed E-state index contributed by atoms with van der Waals surface area (Å²) in [6.45, 7) is 3.96. The van der Waals surface area contributed by atoms with Crippen LogP contribution in [0.4, 0.5) is 0 Å². The van der Waals surface area contributed by atoms with E-state index in [1.54, 1.807) is 24.3 Å². The van der Waals surface area contributed by atoms with Crippen molar-refractivity contribution in [1.29, 1.82) is 0 Å². The Morgan fingerprint density at radius 1 is 1.14 bits per heavy atom. The largest absolute Gasteiger partial charge is 0.494 e. The van der Waals surface area contributed by atoms with Gasteiger partial charge in [0.25, 0.3) is 11.8 Å². The van der Waals surface area contributed by atoms with E-state index in [1.165, 1.54) is 6.92 Å². The van der Waals surface area contributed by atoms with E-state index in [4.69, 9.17) is 9.47 Å². The molecule has 0 radical (unpaired) electrons. The van der Waals surface area contributed by atoms with Crippen molar-refractivity contribution >= 4 is 17.8 Å². The van der Waals surface area contributed by atoms with Gasteiger partial charge in [-0.3, -0.25) is 14.4 Å². The molecule has 0 bridgehead atoms. The molecule has 2 N–H and O–H groups in total. The molecule has 7 heteroatoms. The molecule has 0 spiro atoms. The highest BCUT2D eigenvalue weighted by atomic mass is 16.5. The number of carbonyl (C=O) groups is 3. The summed E-state index contributed by atoms with van der Waals surface area (Å²) in [5, 5.41) is 5.38. The van der Waals surface area contributed by atoms with Crippen LogP contribution in [0.15, 0.2) is 24.3 Å². The number of hydrogen-bond acceptors (Lipinski definition) is 5. The lowest BCUT2D eigenvalue weighted by Gasteiger charge is -2.17. The second-order valence-corrected chi connectivity index (χ2v) is 7.03. The van der Waals surface area contributed by atoms with Crippen LogP contribution in [0, 0.1) is 0 Å². The SMILES string of the molecule is CCCCOc1ccc(C(=O)NCC(=O)O[C@@H](C)C(=O)NC2CCCC2)cc1. The van der Waals surface area contributed by atoms with E-state index in [2.05, 4.69) is 17.6 Å². The number of unbranched alkanes of at least 4 members (excludes halogenated alkanes) is 1. The molecule has 7 nitrogen and oxygen atoms in total. The molecule has 1 aromatic carbocycles. The van der Waals surface area contributed by atoms with E-state index >= 15 is 0 Å². The van der Waals surface area contributed by atoms with Crippen molar-refractivity contribution < 1.29 is 23.9 Å². The predicted octanol–water partition coefficient (Wildman–Crippen LogP) is 2.59. The minimum Gasteiger partial charge on any atom is -0.494 e. The maximum atomic E-state index is 12.1. The fourth-order valence-electron chi connectivity index (χ4n) is 2.97. The van der Waals surface area contributed by atoms with Crippen molar-refractivity contribution in [3.63, 3.8) is 0 Å². The van der Waals surface area contributed by atoms with Crippen molar-refractivity contribution in [1.82, 2.24) is 10.6 Å². The summed E-state index contributed by atoms with van der Waals surface area (Å²) in [4.78, 5) is 36.1. The maximum absolute atomic E-state index is 12.1. The van der Waals surface area contributed by atoms with Gasteiger partial charge in [-0.25, -0.2) is 0 Å². The molecule has 1 saturated carbocycles. The van der Waals surface area contributed by atoms with Gasteiger partial charge in [-0.05, 0) is 50.5 Å². The van der Waals surface area contributed by atoms with Gasteiger partial charge in [-0.2, -0.15) is 0 Å². The Morgan fingerprint density at radius 3 is 2.46 bits per heavy atom. The first kappa shape index (κ1) is 21.7. The third-order valence-electron chi connectivity index (χ3n) is 4.66. The summed E-state index contributed by atoms with van der Waals surface area (Å²) in [5.41, 5.74) is 0.419. The van der Waals surface area contributed by atoms with E-state index in [0.717, 1.165) is 38.5 Å². The topological polar surface area (TPSA) is 93.7 Å². The first-order chi connectivity index (χ1) is 13.5. The average molecular weight is 390 g/mol. The standard InChI is InChI=1S/C21H30N2O5/c1-3-4-13-27-18-11-9-16(10-12-18)21(26)22-14-19(24)28-15(2)20(25)23-17-7-5-6-8-17/h9-12,15,17H,3-8,13-14H2,1-2H3,(H,22,26)(H,23,25)/t15-/m0/s1. The Hall–Kier alpha value is -2.57. The van der Waals surface area contributed by atoms with Crippen molar-refractivity contribution in [2.45, 2.75) is 64.5 Å². The Morgan fingerprint density at radius 2 is 1.82 bits per heavy atom. The monoisotopic (exact) mass is 390 g/mol. The molecule has 1 aliphatic rings. The van der Waals surface area contributed by atoms with Crippen LogP contribution in [0.25, 0.3) is 0 Å². The molecule has 1 fully saturated rings. The summed E-state index contributed by atoms with van der Waals surface area (Å²) in [7, 11) is 0. The fraction of sp³-hybridized carbons (Fsp3) is 0.571. The summed E-state index contributed by atoms with van der Waals surface area (Å²) in [6, 6.07) is 6.89. The van der Waals surface area contributed by atoms with Crippen LogP contribution < -0.4 is 15.4 Å². The van der Waals surface area contributed by atoms with Crippen molar-refractivity contribution in [3.8, 4) is 5.75 Å².